The number of hydrogen-bond donors (Lipinski definition) is 1. The van der Waals surface area contributed by atoms with Gasteiger partial charge in [-0.3, -0.25) is 0 Å². The van der Waals surface area contributed by atoms with Crippen molar-refractivity contribution in [1.29, 1.82) is 0 Å². The summed E-state index contributed by atoms with van der Waals surface area (Å²) in [5.74, 6) is 6.06. The van der Waals surface area contributed by atoms with E-state index >= 15 is 0 Å². The van der Waals surface area contributed by atoms with E-state index in [1.807, 2.05) is 38.1 Å². The fourth-order valence-electron chi connectivity index (χ4n) is 1.12. The van der Waals surface area contributed by atoms with Gasteiger partial charge in [0.1, 0.15) is 0 Å². The van der Waals surface area contributed by atoms with Gasteiger partial charge >= 0.3 is 0 Å². The number of hydrogen-bond acceptors (Lipinski definition) is 1. The lowest BCUT2D eigenvalue weighted by atomic mass is 10.1. The Morgan fingerprint density at radius 3 is 2.71 bits per heavy atom. The third kappa shape index (κ3) is 3.24. The van der Waals surface area contributed by atoms with Gasteiger partial charge < -0.3 is 5.11 Å². The molecular weight excluding hydrogens is 172 g/mol. The maximum Gasteiger partial charge on any atom is 0.0646 e. The Hall–Kier alpha value is -1.26. The maximum absolute atomic E-state index is 9.30. The molecule has 1 nitrogen and oxygen atoms in total. The van der Waals surface area contributed by atoms with Gasteiger partial charge in [0.05, 0.1) is 6.10 Å². The molecule has 0 amide bonds. The molecule has 1 unspecified atom stereocenters. The van der Waals surface area contributed by atoms with Crippen LogP contribution in [0.15, 0.2) is 24.3 Å². The Balaban J connectivity index is 2.64. The molecule has 1 heteroatoms. The molecule has 74 valence electrons. The Kier molecular flexibility index (Phi) is 4.22. The predicted molar refractivity (Wildman–Crippen MR) is 59.0 cm³/mol. The van der Waals surface area contributed by atoms with Crippen LogP contribution in [0.3, 0.4) is 0 Å². The van der Waals surface area contributed by atoms with Crippen molar-refractivity contribution in [3.05, 3.63) is 35.4 Å². The Labute approximate surface area is 85.8 Å². The first kappa shape index (κ1) is 10.8. The lowest BCUT2D eigenvalue weighted by Crippen LogP contribution is -2.01. The first-order valence-corrected chi connectivity index (χ1v) is 4.96. The van der Waals surface area contributed by atoms with Gasteiger partial charge in [0, 0.05) is 12.0 Å². The van der Waals surface area contributed by atoms with E-state index in [0.29, 0.717) is 6.42 Å². The lowest BCUT2D eigenvalue weighted by molar-refractivity contribution is 0.176. The second-order valence-corrected chi connectivity index (χ2v) is 3.38. The van der Waals surface area contributed by atoms with Gasteiger partial charge in [-0.2, -0.15) is 0 Å². The van der Waals surface area contributed by atoms with Gasteiger partial charge in [-0.25, -0.2) is 0 Å². The van der Waals surface area contributed by atoms with Crippen LogP contribution in [0.1, 0.15) is 30.9 Å². The van der Waals surface area contributed by atoms with Crippen LogP contribution in [0.4, 0.5) is 0 Å². The van der Waals surface area contributed by atoms with Gasteiger partial charge in [0.15, 0.2) is 0 Å². The monoisotopic (exact) mass is 188 g/mol. The first-order chi connectivity index (χ1) is 6.74. The van der Waals surface area contributed by atoms with Crippen LogP contribution in [0.2, 0.25) is 0 Å². The van der Waals surface area contributed by atoms with E-state index in [0.717, 1.165) is 12.0 Å². The fraction of sp³-hybridized carbons (Fsp3) is 0.385. The van der Waals surface area contributed by atoms with Gasteiger partial charge in [0.2, 0.25) is 0 Å². The number of aliphatic hydroxyl groups is 1. The van der Waals surface area contributed by atoms with Crippen molar-refractivity contribution >= 4 is 0 Å². The summed E-state index contributed by atoms with van der Waals surface area (Å²) in [5.41, 5.74) is 2.24. The molecule has 14 heavy (non-hydrogen) atoms. The van der Waals surface area contributed by atoms with Crippen LogP contribution in [-0.2, 0) is 0 Å². The predicted octanol–water partition coefficient (Wildman–Crippen LogP) is 2.51. The molecule has 0 aromatic heterocycles. The normalized spacial score (nSPS) is 11.6. The van der Waals surface area contributed by atoms with E-state index in [1.165, 1.54) is 5.56 Å². The molecule has 1 aromatic carbocycles. The molecule has 0 saturated carbocycles. The molecule has 0 radical (unpaired) electrons. The molecule has 1 rings (SSSR count). The zero-order chi connectivity index (χ0) is 10.4. The molecule has 0 spiro atoms. The largest absolute Gasteiger partial charge is 0.392 e. The Morgan fingerprint density at radius 1 is 1.36 bits per heavy atom. The van der Waals surface area contributed by atoms with Crippen molar-refractivity contribution in [1.82, 2.24) is 0 Å². The average molecular weight is 188 g/mol. The van der Waals surface area contributed by atoms with Crippen LogP contribution in [0.25, 0.3) is 0 Å². The molecule has 0 bridgehead atoms. The summed E-state index contributed by atoms with van der Waals surface area (Å²) < 4.78 is 0. The Bertz CT molecular complexity index is 344. The molecule has 1 aromatic rings. The minimum atomic E-state index is -0.286. The standard InChI is InChI=1S/C13H16O/c1-3-13(14)10-6-9-12-8-5-4-7-11(12)2/h4-5,7-8,13-14H,3,10H2,1-2H3. The van der Waals surface area contributed by atoms with E-state index in [1.54, 1.807) is 0 Å². The van der Waals surface area contributed by atoms with Gasteiger partial charge in [0.25, 0.3) is 0 Å². The van der Waals surface area contributed by atoms with Crippen LogP contribution >= 0.6 is 0 Å². The van der Waals surface area contributed by atoms with E-state index < -0.39 is 0 Å². The van der Waals surface area contributed by atoms with Crippen LogP contribution in [0.5, 0.6) is 0 Å². The summed E-state index contributed by atoms with van der Waals surface area (Å²) in [7, 11) is 0. The summed E-state index contributed by atoms with van der Waals surface area (Å²) in [6.45, 7) is 4.00. The summed E-state index contributed by atoms with van der Waals surface area (Å²) >= 11 is 0. The number of rotatable bonds is 2. The van der Waals surface area contributed by atoms with E-state index in [9.17, 15) is 5.11 Å². The third-order valence-corrected chi connectivity index (χ3v) is 2.18. The second kappa shape index (κ2) is 5.47. The second-order valence-electron chi connectivity index (χ2n) is 3.38. The average Bonchev–Trinajstić information content (AvgIpc) is 2.20. The fourth-order valence-corrected chi connectivity index (χ4v) is 1.12. The minimum Gasteiger partial charge on any atom is -0.392 e. The van der Waals surface area contributed by atoms with Crippen LogP contribution < -0.4 is 0 Å². The van der Waals surface area contributed by atoms with E-state index in [-0.39, 0.29) is 6.10 Å². The van der Waals surface area contributed by atoms with Crippen molar-refractivity contribution in [3.63, 3.8) is 0 Å². The Morgan fingerprint density at radius 2 is 2.07 bits per heavy atom. The van der Waals surface area contributed by atoms with E-state index in [2.05, 4.69) is 11.8 Å². The number of benzene rings is 1. The molecule has 1 atom stereocenters. The van der Waals surface area contributed by atoms with Gasteiger partial charge in [-0.1, -0.05) is 37.0 Å². The molecule has 0 fully saturated rings. The first-order valence-electron chi connectivity index (χ1n) is 4.96. The smallest absolute Gasteiger partial charge is 0.0646 e. The van der Waals surface area contributed by atoms with Crippen molar-refractivity contribution in [3.8, 4) is 11.8 Å². The third-order valence-electron chi connectivity index (χ3n) is 2.18. The van der Waals surface area contributed by atoms with Gasteiger partial charge in [-0.05, 0) is 25.0 Å². The minimum absolute atomic E-state index is 0.286. The van der Waals surface area contributed by atoms with Crippen molar-refractivity contribution in [2.75, 3.05) is 0 Å². The number of aryl methyl sites for hydroxylation is 1. The van der Waals surface area contributed by atoms with Gasteiger partial charge in [-0.15, -0.1) is 0 Å². The molecule has 0 heterocycles. The van der Waals surface area contributed by atoms with Crippen molar-refractivity contribution in [2.24, 2.45) is 0 Å². The zero-order valence-electron chi connectivity index (χ0n) is 8.75. The SMILES string of the molecule is CCC(O)CC#Cc1ccccc1C. The summed E-state index contributed by atoms with van der Waals surface area (Å²) in [5, 5.41) is 9.30. The molecule has 0 saturated heterocycles. The summed E-state index contributed by atoms with van der Waals surface area (Å²) in [4.78, 5) is 0. The quantitative estimate of drug-likeness (QED) is 0.707. The van der Waals surface area contributed by atoms with Crippen LogP contribution in [0, 0.1) is 18.8 Å². The van der Waals surface area contributed by atoms with Crippen molar-refractivity contribution in [2.45, 2.75) is 32.8 Å². The maximum atomic E-state index is 9.30. The van der Waals surface area contributed by atoms with Crippen molar-refractivity contribution < 1.29 is 5.11 Å². The molecule has 0 aliphatic heterocycles. The highest BCUT2D eigenvalue weighted by Crippen LogP contribution is 2.04. The highest BCUT2D eigenvalue weighted by atomic mass is 16.3. The van der Waals surface area contributed by atoms with E-state index in [4.69, 9.17) is 0 Å². The number of aliphatic hydroxyl groups excluding tert-OH is 1. The summed E-state index contributed by atoms with van der Waals surface area (Å²) in [6.07, 6.45) is 1.04. The topological polar surface area (TPSA) is 20.2 Å². The molecule has 1 N–H and O–H groups in total. The molecular formula is C13H16O. The summed E-state index contributed by atoms with van der Waals surface area (Å²) in [6, 6.07) is 8.02. The highest BCUT2D eigenvalue weighted by Gasteiger charge is 1.95. The zero-order valence-corrected chi connectivity index (χ0v) is 8.75. The lowest BCUT2D eigenvalue weighted by Gasteiger charge is -1.99. The van der Waals surface area contributed by atoms with Crippen LogP contribution in [-0.4, -0.2) is 11.2 Å². The highest BCUT2D eigenvalue weighted by molar-refractivity contribution is 5.40. The molecule has 0 aliphatic carbocycles. The molecule has 0 aliphatic rings.